The third-order valence-corrected chi connectivity index (χ3v) is 4.51. The van der Waals surface area contributed by atoms with Crippen molar-refractivity contribution in [2.75, 3.05) is 13.2 Å². The van der Waals surface area contributed by atoms with Gasteiger partial charge in [0, 0.05) is 18.1 Å². The first-order valence-electron chi connectivity index (χ1n) is 9.85. The molecule has 0 aliphatic carbocycles. The Balaban J connectivity index is 1.79. The minimum atomic E-state index is -1.32. The molecule has 0 aliphatic heterocycles. The van der Waals surface area contributed by atoms with Gasteiger partial charge in [-0.1, -0.05) is 13.8 Å². The van der Waals surface area contributed by atoms with Crippen molar-refractivity contribution in [2.24, 2.45) is 5.92 Å². The van der Waals surface area contributed by atoms with Gasteiger partial charge in [0.1, 0.15) is 23.1 Å². The molecule has 0 aliphatic rings. The van der Waals surface area contributed by atoms with Crippen LogP contribution in [0.1, 0.15) is 59.4 Å². The van der Waals surface area contributed by atoms with Crippen LogP contribution in [0.3, 0.4) is 0 Å². The van der Waals surface area contributed by atoms with Gasteiger partial charge in [-0.05, 0) is 49.9 Å². The SMILES string of the molecule is Cc1c(OCCCCOc2ccc(C(=O)O)c(F)c2)ccc(C(=O)CC(C)C)c1O. The van der Waals surface area contributed by atoms with Gasteiger partial charge < -0.3 is 19.7 Å². The van der Waals surface area contributed by atoms with Gasteiger partial charge in [-0.25, -0.2) is 9.18 Å². The Labute approximate surface area is 175 Å². The number of phenols is 1. The van der Waals surface area contributed by atoms with E-state index in [0.717, 1.165) is 6.07 Å². The summed E-state index contributed by atoms with van der Waals surface area (Å²) in [5.74, 6) is -1.32. The molecule has 30 heavy (non-hydrogen) atoms. The summed E-state index contributed by atoms with van der Waals surface area (Å²) in [6.07, 6.45) is 1.67. The van der Waals surface area contributed by atoms with Crippen LogP contribution in [0.4, 0.5) is 4.39 Å². The molecule has 6 nitrogen and oxygen atoms in total. The van der Waals surface area contributed by atoms with Crippen molar-refractivity contribution in [1.29, 1.82) is 0 Å². The summed E-state index contributed by atoms with van der Waals surface area (Å²) in [4.78, 5) is 23.0. The third kappa shape index (κ3) is 6.20. The van der Waals surface area contributed by atoms with Crippen molar-refractivity contribution >= 4 is 11.8 Å². The molecule has 162 valence electrons. The molecule has 0 saturated heterocycles. The monoisotopic (exact) mass is 418 g/mol. The molecule has 0 heterocycles. The summed E-state index contributed by atoms with van der Waals surface area (Å²) in [7, 11) is 0. The molecule has 0 fully saturated rings. The number of halogens is 1. The molecule has 0 unspecified atom stereocenters. The highest BCUT2D eigenvalue weighted by Gasteiger charge is 2.17. The van der Waals surface area contributed by atoms with Gasteiger partial charge in [-0.15, -0.1) is 0 Å². The Morgan fingerprint density at radius 1 is 1.03 bits per heavy atom. The van der Waals surface area contributed by atoms with E-state index in [4.69, 9.17) is 14.6 Å². The zero-order valence-corrected chi connectivity index (χ0v) is 17.4. The van der Waals surface area contributed by atoms with Crippen LogP contribution in [0.25, 0.3) is 0 Å². The highest BCUT2D eigenvalue weighted by atomic mass is 19.1. The molecular weight excluding hydrogens is 391 g/mol. The van der Waals surface area contributed by atoms with E-state index in [1.165, 1.54) is 12.1 Å². The van der Waals surface area contributed by atoms with Crippen LogP contribution in [0.5, 0.6) is 17.2 Å². The minimum Gasteiger partial charge on any atom is -0.507 e. The predicted octanol–water partition coefficient (Wildman–Crippen LogP) is 5.00. The molecule has 2 N–H and O–H groups in total. The molecule has 0 saturated carbocycles. The quantitative estimate of drug-likeness (QED) is 0.394. The Morgan fingerprint density at radius 3 is 2.27 bits per heavy atom. The fraction of sp³-hybridized carbons (Fsp3) is 0.391. The van der Waals surface area contributed by atoms with Gasteiger partial charge in [0.2, 0.25) is 0 Å². The lowest BCUT2D eigenvalue weighted by atomic mass is 9.98. The highest BCUT2D eigenvalue weighted by molar-refractivity contribution is 5.99. The van der Waals surface area contributed by atoms with E-state index in [0.29, 0.717) is 49.4 Å². The first kappa shape index (κ1) is 23.2. The second-order valence-corrected chi connectivity index (χ2v) is 7.46. The normalized spacial score (nSPS) is 10.8. The van der Waals surface area contributed by atoms with Gasteiger partial charge in [0.05, 0.1) is 24.3 Å². The molecule has 2 aromatic carbocycles. The summed E-state index contributed by atoms with van der Waals surface area (Å²) in [5, 5.41) is 19.1. The van der Waals surface area contributed by atoms with Crippen molar-refractivity contribution in [3.63, 3.8) is 0 Å². The summed E-state index contributed by atoms with van der Waals surface area (Å²) in [5.41, 5.74) is 0.434. The maximum atomic E-state index is 13.6. The largest absolute Gasteiger partial charge is 0.507 e. The lowest BCUT2D eigenvalue weighted by Crippen LogP contribution is -2.07. The van der Waals surface area contributed by atoms with Crippen LogP contribution in [-0.4, -0.2) is 35.2 Å². The number of carbonyl (C=O) groups excluding carboxylic acids is 1. The first-order chi connectivity index (χ1) is 14.2. The number of aromatic carboxylic acids is 1. The molecule has 0 bridgehead atoms. The van der Waals surface area contributed by atoms with E-state index < -0.39 is 17.3 Å². The number of ether oxygens (including phenoxy) is 2. The van der Waals surface area contributed by atoms with E-state index in [9.17, 15) is 19.1 Å². The van der Waals surface area contributed by atoms with Crippen molar-refractivity contribution < 1.29 is 33.7 Å². The van der Waals surface area contributed by atoms with E-state index in [1.807, 2.05) is 13.8 Å². The molecule has 0 aromatic heterocycles. The summed E-state index contributed by atoms with van der Waals surface area (Å²) < 4.78 is 24.7. The number of aromatic hydroxyl groups is 1. The number of carboxylic acid groups (broad SMARTS) is 1. The zero-order valence-electron chi connectivity index (χ0n) is 17.4. The smallest absolute Gasteiger partial charge is 0.338 e. The van der Waals surface area contributed by atoms with Gasteiger partial charge in [0.15, 0.2) is 5.78 Å². The highest BCUT2D eigenvalue weighted by Crippen LogP contribution is 2.32. The van der Waals surface area contributed by atoms with Gasteiger partial charge >= 0.3 is 5.97 Å². The molecule has 2 rings (SSSR count). The third-order valence-electron chi connectivity index (χ3n) is 4.51. The maximum absolute atomic E-state index is 13.6. The number of hydrogen-bond donors (Lipinski definition) is 2. The van der Waals surface area contributed by atoms with Gasteiger partial charge in [-0.3, -0.25) is 4.79 Å². The molecule has 7 heteroatoms. The van der Waals surface area contributed by atoms with E-state index in [-0.39, 0.29) is 23.2 Å². The second kappa shape index (κ2) is 10.6. The number of phenolic OH excluding ortho intramolecular Hbond substituents is 1. The van der Waals surface area contributed by atoms with Crippen LogP contribution in [-0.2, 0) is 0 Å². The average molecular weight is 418 g/mol. The van der Waals surface area contributed by atoms with Crippen molar-refractivity contribution in [2.45, 2.75) is 40.0 Å². The van der Waals surface area contributed by atoms with Crippen molar-refractivity contribution in [3.8, 4) is 17.2 Å². The standard InChI is InChI=1S/C23H27FO6/c1-14(2)12-20(25)18-8-9-21(15(3)22(18)26)30-11-5-4-10-29-16-6-7-17(23(27)28)19(24)13-16/h6-9,13-14,26H,4-5,10-12H2,1-3H3,(H,27,28). The van der Waals surface area contributed by atoms with Crippen molar-refractivity contribution in [1.82, 2.24) is 0 Å². The number of Topliss-reactive ketones (excluding diaryl/α,β-unsaturated/α-hetero) is 1. The average Bonchev–Trinajstić information content (AvgIpc) is 2.66. The predicted molar refractivity (Wildman–Crippen MR) is 110 cm³/mol. The lowest BCUT2D eigenvalue weighted by molar-refractivity contribution is 0.0691. The van der Waals surface area contributed by atoms with Gasteiger partial charge in [0.25, 0.3) is 0 Å². The molecule has 0 spiro atoms. The molecule has 0 radical (unpaired) electrons. The number of unbranched alkanes of at least 4 members (excludes halogenated alkanes) is 1. The van der Waals surface area contributed by atoms with E-state index >= 15 is 0 Å². The second-order valence-electron chi connectivity index (χ2n) is 7.46. The van der Waals surface area contributed by atoms with Crippen LogP contribution in [0.2, 0.25) is 0 Å². The number of rotatable bonds is 11. The number of carboxylic acids is 1. The van der Waals surface area contributed by atoms with Gasteiger partial charge in [-0.2, -0.15) is 0 Å². The number of ketones is 1. The number of benzene rings is 2. The Kier molecular flexibility index (Phi) is 8.21. The topological polar surface area (TPSA) is 93.1 Å². The number of carbonyl (C=O) groups is 2. The Morgan fingerprint density at radius 2 is 1.67 bits per heavy atom. The minimum absolute atomic E-state index is 0.0479. The summed E-state index contributed by atoms with van der Waals surface area (Å²) >= 11 is 0. The van der Waals surface area contributed by atoms with Crippen LogP contribution < -0.4 is 9.47 Å². The summed E-state index contributed by atoms with van der Waals surface area (Å²) in [6, 6.07) is 6.90. The van der Waals surface area contributed by atoms with Crippen LogP contribution >= 0.6 is 0 Å². The Bertz CT molecular complexity index is 907. The molecule has 0 amide bonds. The molecule has 2 aromatic rings. The van der Waals surface area contributed by atoms with Crippen LogP contribution in [0.15, 0.2) is 30.3 Å². The lowest BCUT2D eigenvalue weighted by Gasteiger charge is -2.13. The van der Waals surface area contributed by atoms with Crippen molar-refractivity contribution in [3.05, 3.63) is 52.8 Å². The summed E-state index contributed by atoms with van der Waals surface area (Å²) in [6.45, 7) is 6.31. The molecule has 0 atom stereocenters. The van der Waals surface area contributed by atoms with Crippen LogP contribution in [0, 0.1) is 18.7 Å². The fourth-order valence-corrected chi connectivity index (χ4v) is 2.88. The fourth-order valence-electron chi connectivity index (χ4n) is 2.88. The Hall–Kier alpha value is -3.09. The number of hydrogen-bond acceptors (Lipinski definition) is 5. The zero-order chi connectivity index (χ0) is 22.3. The van der Waals surface area contributed by atoms with E-state index in [1.54, 1.807) is 19.1 Å². The van der Waals surface area contributed by atoms with E-state index in [2.05, 4.69) is 0 Å². The molecular formula is C23H27FO6. The first-order valence-corrected chi connectivity index (χ1v) is 9.85. The maximum Gasteiger partial charge on any atom is 0.338 e.